The van der Waals surface area contributed by atoms with Gasteiger partial charge in [0.2, 0.25) is 5.91 Å². The summed E-state index contributed by atoms with van der Waals surface area (Å²) in [6.45, 7) is 2.06. The Morgan fingerprint density at radius 1 is 1.58 bits per heavy atom. The zero-order chi connectivity index (χ0) is 13.7. The minimum Gasteiger partial charge on any atom is -0.325 e. The number of hydrogen-bond acceptors (Lipinski definition) is 3. The van der Waals surface area contributed by atoms with Crippen LogP contribution in [-0.2, 0) is 4.79 Å². The molecule has 1 amide bonds. The molecule has 5 heteroatoms. The molecular formula is C14H16BrN3O. The zero-order valence-electron chi connectivity index (χ0n) is 10.6. The first kappa shape index (κ1) is 14.0. The average Bonchev–Trinajstić information content (AvgIpc) is 2.90. The van der Waals surface area contributed by atoms with Gasteiger partial charge in [0, 0.05) is 10.9 Å². The SMILES string of the molecule is N#Cc1ccc(Br)cc1NC(=O)CCC1CCNC1. The second-order valence-corrected chi connectivity index (χ2v) is 5.66. The zero-order valence-corrected chi connectivity index (χ0v) is 12.2. The molecule has 0 aromatic heterocycles. The average molecular weight is 322 g/mol. The van der Waals surface area contributed by atoms with Crippen LogP contribution in [0.15, 0.2) is 22.7 Å². The Labute approximate surface area is 121 Å². The van der Waals surface area contributed by atoms with Crippen molar-refractivity contribution in [3.05, 3.63) is 28.2 Å². The highest BCUT2D eigenvalue weighted by Gasteiger charge is 2.16. The van der Waals surface area contributed by atoms with Gasteiger partial charge in [-0.2, -0.15) is 5.26 Å². The highest BCUT2D eigenvalue weighted by atomic mass is 79.9. The maximum Gasteiger partial charge on any atom is 0.224 e. The number of hydrogen-bond donors (Lipinski definition) is 2. The molecule has 2 rings (SSSR count). The van der Waals surface area contributed by atoms with E-state index in [0.717, 1.165) is 30.4 Å². The number of benzene rings is 1. The van der Waals surface area contributed by atoms with Crippen LogP contribution >= 0.6 is 15.9 Å². The number of anilines is 1. The number of nitrogens with zero attached hydrogens (tertiary/aromatic N) is 1. The molecule has 1 heterocycles. The lowest BCUT2D eigenvalue weighted by molar-refractivity contribution is -0.116. The van der Waals surface area contributed by atoms with Crippen molar-refractivity contribution in [2.24, 2.45) is 5.92 Å². The fourth-order valence-electron chi connectivity index (χ4n) is 2.23. The molecule has 1 aromatic carbocycles. The van der Waals surface area contributed by atoms with Crippen LogP contribution in [-0.4, -0.2) is 19.0 Å². The largest absolute Gasteiger partial charge is 0.325 e. The third-order valence-corrected chi connectivity index (χ3v) is 3.81. The van der Waals surface area contributed by atoms with Crippen LogP contribution < -0.4 is 10.6 Å². The Bertz CT molecular complexity index is 504. The number of halogens is 1. The molecule has 2 N–H and O–H groups in total. The minimum atomic E-state index is -0.0264. The molecule has 0 aliphatic carbocycles. The van der Waals surface area contributed by atoms with Gasteiger partial charge in [0.25, 0.3) is 0 Å². The van der Waals surface area contributed by atoms with Gasteiger partial charge in [0.05, 0.1) is 11.3 Å². The van der Waals surface area contributed by atoms with Crippen LogP contribution in [0.3, 0.4) is 0 Å². The summed E-state index contributed by atoms with van der Waals surface area (Å²) in [5.41, 5.74) is 1.06. The van der Waals surface area contributed by atoms with Crippen molar-refractivity contribution in [1.29, 1.82) is 5.26 Å². The third-order valence-electron chi connectivity index (χ3n) is 3.32. The van der Waals surface area contributed by atoms with E-state index in [9.17, 15) is 4.79 Å². The molecule has 1 saturated heterocycles. The van der Waals surface area contributed by atoms with E-state index in [4.69, 9.17) is 5.26 Å². The topological polar surface area (TPSA) is 64.9 Å². The van der Waals surface area contributed by atoms with Crippen molar-refractivity contribution in [3.63, 3.8) is 0 Å². The lowest BCUT2D eigenvalue weighted by Gasteiger charge is -2.10. The Hall–Kier alpha value is -1.38. The van der Waals surface area contributed by atoms with E-state index < -0.39 is 0 Å². The van der Waals surface area contributed by atoms with Crippen LogP contribution in [0, 0.1) is 17.2 Å². The third kappa shape index (κ3) is 4.05. The van der Waals surface area contributed by atoms with Crippen LogP contribution in [0.25, 0.3) is 0 Å². The van der Waals surface area contributed by atoms with Crippen molar-refractivity contribution in [3.8, 4) is 6.07 Å². The molecule has 4 nitrogen and oxygen atoms in total. The standard InChI is InChI=1S/C14H16BrN3O/c15-12-3-2-11(8-16)13(7-12)18-14(19)4-1-10-5-6-17-9-10/h2-3,7,10,17H,1,4-6,9H2,(H,18,19). The molecule has 1 fully saturated rings. The van der Waals surface area contributed by atoms with Crippen molar-refractivity contribution >= 4 is 27.5 Å². The van der Waals surface area contributed by atoms with Gasteiger partial charge < -0.3 is 10.6 Å². The van der Waals surface area contributed by atoms with Gasteiger partial charge in [-0.3, -0.25) is 4.79 Å². The first-order chi connectivity index (χ1) is 9.19. The van der Waals surface area contributed by atoms with Crippen molar-refractivity contribution in [1.82, 2.24) is 5.32 Å². The number of carbonyl (C=O) groups excluding carboxylic acids is 1. The molecule has 0 saturated carbocycles. The molecule has 19 heavy (non-hydrogen) atoms. The van der Waals surface area contributed by atoms with Crippen LogP contribution in [0.5, 0.6) is 0 Å². The summed E-state index contributed by atoms with van der Waals surface area (Å²) in [5, 5.41) is 15.1. The van der Waals surface area contributed by atoms with E-state index in [0.29, 0.717) is 23.6 Å². The van der Waals surface area contributed by atoms with Gasteiger partial charge in [-0.1, -0.05) is 15.9 Å². The van der Waals surface area contributed by atoms with E-state index in [1.165, 1.54) is 0 Å². The second-order valence-electron chi connectivity index (χ2n) is 4.75. The number of carbonyl (C=O) groups is 1. The second kappa shape index (κ2) is 6.69. The predicted octanol–water partition coefficient (Wildman–Crippen LogP) is 2.65. The molecular weight excluding hydrogens is 306 g/mol. The molecule has 0 bridgehead atoms. The first-order valence-electron chi connectivity index (χ1n) is 6.39. The molecule has 1 atom stereocenters. The summed E-state index contributed by atoms with van der Waals surface area (Å²) < 4.78 is 0.849. The Morgan fingerprint density at radius 3 is 3.11 bits per heavy atom. The smallest absolute Gasteiger partial charge is 0.224 e. The lowest BCUT2D eigenvalue weighted by atomic mass is 10.0. The predicted molar refractivity (Wildman–Crippen MR) is 77.7 cm³/mol. The fourth-order valence-corrected chi connectivity index (χ4v) is 2.59. The van der Waals surface area contributed by atoms with E-state index in [1.807, 2.05) is 0 Å². The first-order valence-corrected chi connectivity index (χ1v) is 7.18. The maximum atomic E-state index is 11.9. The lowest BCUT2D eigenvalue weighted by Crippen LogP contribution is -2.15. The van der Waals surface area contributed by atoms with Crippen molar-refractivity contribution in [2.45, 2.75) is 19.3 Å². The Kier molecular flexibility index (Phi) is 4.94. The van der Waals surface area contributed by atoms with Crippen molar-refractivity contribution in [2.75, 3.05) is 18.4 Å². The summed E-state index contributed by atoms with van der Waals surface area (Å²) in [5.74, 6) is 0.574. The molecule has 100 valence electrons. The molecule has 1 aliphatic heterocycles. The highest BCUT2D eigenvalue weighted by Crippen LogP contribution is 2.21. The summed E-state index contributed by atoms with van der Waals surface area (Å²) >= 11 is 3.34. The number of rotatable bonds is 4. The quantitative estimate of drug-likeness (QED) is 0.896. The van der Waals surface area contributed by atoms with Crippen LogP contribution in [0.1, 0.15) is 24.8 Å². The normalized spacial score (nSPS) is 18.0. The van der Waals surface area contributed by atoms with E-state index >= 15 is 0 Å². The van der Waals surface area contributed by atoms with Gasteiger partial charge in [0.15, 0.2) is 0 Å². The Morgan fingerprint density at radius 2 is 2.42 bits per heavy atom. The number of nitriles is 1. The monoisotopic (exact) mass is 321 g/mol. The van der Waals surface area contributed by atoms with Crippen LogP contribution in [0.2, 0.25) is 0 Å². The highest BCUT2D eigenvalue weighted by molar-refractivity contribution is 9.10. The molecule has 0 spiro atoms. The van der Waals surface area contributed by atoms with Crippen molar-refractivity contribution < 1.29 is 4.79 Å². The number of amides is 1. The number of nitrogens with one attached hydrogen (secondary N) is 2. The Balaban J connectivity index is 1.91. The summed E-state index contributed by atoms with van der Waals surface area (Å²) in [4.78, 5) is 11.9. The van der Waals surface area contributed by atoms with Gasteiger partial charge >= 0.3 is 0 Å². The van der Waals surface area contributed by atoms with E-state index in [2.05, 4.69) is 32.6 Å². The van der Waals surface area contributed by atoms with E-state index in [-0.39, 0.29) is 5.91 Å². The molecule has 1 unspecified atom stereocenters. The molecule has 1 aliphatic rings. The van der Waals surface area contributed by atoms with Crippen LogP contribution in [0.4, 0.5) is 5.69 Å². The van der Waals surface area contributed by atoms with Gasteiger partial charge in [0.1, 0.15) is 6.07 Å². The summed E-state index contributed by atoms with van der Waals surface area (Å²) in [7, 11) is 0. The fraction of sp³-hybridized carbons (Fsp3) is 0.429. The maximum absolute atomic E-state index is 11.9. The van der Waals surface area contributed by atoms with E-state index in [1.54, 1.807) is 18.2 Å². The molecule has 1 aromatic rings. The molecule has 0 radical (unpaired) electrons. The minimum absolute atomic E-state index is 0.0264. The van der Waals surface area contributed by atoms with Gasteiger partial charge in [-0.25, -0.2) is 0 Å². The summed E-state index contributed by atoms with van der Waals surface area (Å²) in [6.07, 6.45) is 2.55. The summed E-state index contributed by atoms with van der Waals surface area (Å²) in [6, 6.07) is 7.32. The van der Waals surface area contributed by atoms with Gasteiger partial charge in [-0.05, 0) is 50.0 Å². The van der Waals surface area contributed by atoms with Gasteiger partial charge in [-0.15, -0.1) is 0 Å².